The van der Waals surface area contributed by atoms with Crippen molar-refractivity contribution in [2.75, 3.05) is 54.1 Å². The molecule has 13 atom stereocenters. The Labute approximate surface area is 633 Å². The lowest BCUT2D eigenvalue weighted by molar-refractivity contribution is -0.163. The van der Waals surface area contributed by atoms with Crippen LogP contribution in [0.15, 0.2) is 87.8 Å². The van der Waals surface area contributed by atoms with E-state index >= 15 is 9.59 Å². The SMILES string of the molecule is C=CC(C1=CC(=O)C(OC)=CC1=O)c1ccccc1.Cc1c2oc3c(C)ccc(C(=O)NC4C(=O)NC(C(C)C)C(=O)C5CCCC5C(=O)N(C)CC(=O)N(C)C(C(C)C)C(=O)OC4C)c3nc-2c(C(=O)NC2C(=O)NC(C(C)C)C(=O)C3CCCC3C(=O)N(C)CC(=O)N(C)C(C(C)C)C(=O)OC2C)c(N)c1=O. The number of benzene rings is 3. The fraction of sp³-hybridized carbons (Fsp3) is 0.525. The summed E-state index contributed by atoms with van der Waals surface area (Å²) in [5, 5.41) is 10.8. The standard InChI is InChI=1S/C64H88N10O16.C16H14O3/c1-27(2)44-53(78)35-19-17-21-37(35)61(84)71(13)25-40(75)73(15)50(29(5)6)63(86)88-33(11)46(59(82)67-44)69-57(80)39-24-23-31(9)55-48(39)66-49-42(43(65)52(77)32(10)56(49)90-55)58(81)70-47-34(12)89-64(87)51(30(7)8)74(16)41(76)26-72(14)62(85)38-22-18-20-36(38)54(79)45(28(3)4)68-60(47)83;1-3-12(11-7-5-4-6-8-11)13-9-15(18)16(19-2)10-14(13)17/h23-24,27-30,33-38,44-47,50-51H,17-22,25-26,65H2,1-16H3,(H,67,82)(H,68,83)(H,69,80)(H,70,81);3-10,12H,1H2,2H3. The van der Waals surface area contributed by atoms with Gasteiger partial charge in [0.2, 0.25) is 46.7 Å². The lowest BCUT2D eigenvalue weighted by Gasteiger charge is -2.35. The van der Waals surface area contributed by atoms with Gasteiger partial charge in [-0.2, -0.15) is 0 Å². The predicted octanol–water partition coefficient (Wildman–Crippen LogP) is 5.28. The van der Waals surface area contributed by atoms with Crippen molar-refractivity contribution in [3.8, 4) is 11.5 Å². The van der Waals surface area contributed by atoms with Gasteiger partial charge in [0.1, 0.15) is 47.6 Å². The van der Waals surface area contributed by atoms with Crippen LogP contribution in [0.25, 0.3) is 22.6 Å². The smallest absolute Gasteiger partial charge is 0.329 e. The van der Waals surface area contributed by atoms with Gasteiger partial charge in [0, 0.05) is 75.0 Å². The highest BCUT2D eigenvalue weighted by Crippen LogP contribution is 2.39. The molecule has 4 fully saturated rings. The minimum Gasteiger partial charge on any atom is -0.493 e. The van der Waals surface area contributed by atoms with E-state index in [1.165, 1.54) is 90.2 Å². The van der Waals surface area contributed by atoms with Gasteiger partial charge >= 0.3 is 11.9 Å². The van der Waals surface area contributed by atoms with Crippen molar-refractivity contribution in [3.63, 3.8) is 0 Å². The second-order valence-electron chi connectivity index (χ2n) is 30.4. The molecule has 2 aromatic rings. The maximum absolute atomic E-state index is 15.2. The molecule has 0 radical (unpaired) electrons. The van der Waals surface area contributed by atoms with E-state index in [9.17, 15) is 62.3 Å². The Bertz CT molecular complexity index is 4390. The maximum atomic E-state index is 15.2. The predicted molar refractivity (Wildman–Crippen MR) is 400 cm³/mol. The van der Waals surface area contributed by atoms with Crippen LogP contribution in [0.1, 0.15) is 151 Å². The fourth-order valence-corrected chi connectivity index (χ4v) is 15.2. The first kappa shape index (κ1) is 83.9. The van der Waals surface area contributed by atoms with Gasteiger partial charge < -0.3 is 65.2 Å². The Balaban J connectivity index is 0.000000680. The number of nitrogens with zero attached hydrogens (tertiary/aromatic N) is 5. The molecule has 13 unspecified atom stereocenters. The van der Waals surface area contributed by atoms with Crippen molar-refractivity contribution in [1.82, 2.24) is 45.9 Å². The number of nitrogens with one attached hydrogen (secondary N) is 4. The van der Waals surface area contributed by atoms with E-state index in [1.54, 1.807) is 68.4 Å². The van der Waals surface area contributed by atoms with Crippen molar-refractivity contribution in [3.05, 3.63) is 117 Å². The number of fused-ring (bicyclic) bond motifs is 4. The molecule has 29 nitrogen and oxygen atoms in total. The monoisotopic (exact) mass is 1510 g/mol. The Morgan fingerprint density at radius 3 is 1.52 bits per heavy atom. The van der Waals surface area contributed by atoms with E-state index in [4.69, 9.17) is 29.3 Å². The minimum atomic E-state index is -1.86. The second kappa shape index (κ2) is 35.1. The number of carbonyl (C=O) groups is 14. The summed E-state index contributed by atoms with van der Waals surface area (Å²) >= 11 is 0. The number of esters is 2. The zero-order chi connectivity index (χ0) is 80.8. The molecule has 9 rings (SSSR count). The molecule has 29 heteroatoms. The summed E-state index contributed by atoms with van der Waals surface area (Å²) in [5.41, 5.74) is 5.02. The number of hydrogen-bond acceptors (Lipinski definition) is 21. The number of nitrogen functional groups attached to an aromatic ring is 1. The van der Waals surface area contributed by atoms with Crippen molar-refractivity contribution < 1.29 is 85.8 Å². The number of cyclic esters (lactones) is 2. The molecule has 0 bridgehead atoms. The fourth-order valence-electron chi connectivity index (χ4n) is 15.2. The lowest BCUT2D eigenvalue weighted by atomic mass is 9.83. The zero-order valence-electron chi connectivity index (χ0n) is 65.0. The first-order valence-electron chi connectivity index (χ1n) is 36.9. The average molecular weight is 1510 g/mol. The summed E-state index contributed by atoms with van der Waals surface area (Å²) in [5.74, 6) is -15.6. The molecular weight excluding hydrogens is 1400 g/mol. The third-order valence-electron chi connectivity index (χ3n) is 21.4. The van der Waals surface area contributed by atoms with Crippen LogP contribution in [0, 0.1) is 61.2 Å². The molecule has 0 aromatic heterocycles. The number of allylic oxidation sites excluding steroid dienone is 4. The second-order valence-corrected chi connectivity index (χ2v) is 30.4. The number of aromatic nitrogens is 1. The van der Waals surface area contributed by atoms with Crippen molar-refractivity contribution in [1.29, 1.82) is 0 Å². The summed E-state index contributed by atoms with van der Waals surface area (Å²) in [6.07, 6.45) is 3.58. The van der Waals surface area contributed by atoms with Gasteiger partial charge in [-0.05, 0) is 100 Å². The molecule has 2 aromatic carbocycles. The number of anilines is 1. The topological polar surface area (TPSA) is 397 Å². The minimum absolute atomic E-state index is 0.0668. The number of hydrogen-bond donors (Lipinski definition) is 5. The van der Waals surface area contributed by atoms with E-state index in [2.05, 4.69) is 27.8 Å². The van der Waals surface area contributed by atoms with Crippen LogP contribution < -0.4 is 32.4 Å². The number of rotatable bonds is 12. The van der Waals surface area contributed by atoms with Crippen LogP contribution in [0.3, 0.4) is 0 Å². The number of ether oxygens (including phenoxy) is 3. The molecule has 3 aliphatic heterocycles. The summed E-state index contributed by atoms with van der Waals surface area (Å²) < 4.78 is 23.2. The van der Waals surface area contributed by atoms with Gasteiger partial charge in [-0.25, -0.2) is 14.6 Å². The number of carbonyl (C=O) groups excluding carboxylic acids is 14. The van der Waals surface area contributed by atoms with Gasteiger partial charge in [-0.15, -0.1) is 6.58 Å². The number of methoxy groups -OCH3 is 1. The van der Waals surface area contributed by atoms with Crippen LogP contribution in [0.4, 0.5) is 5.69 Å². The molecule has 3 heterocycles. The molecule has 586 valence electrons. The lowest BCUT2D eigenvalue weighted by Crippen LogP contribution is -2.59. The van der Waals surface area contributed by atoms with Gasteiger partial charge in [0.15, 0.2) is 34.5 Å². The number of aryl methyl sites for hydroxylation is 1. The van der Waals surface area contributed by atoms with Crippen LogP contribution in [-0.2, 0) is 71.7 Å². The van der Waals surface area contributed by atoms with Crippen LogP contribution in [0.2, 0.25) is 0 Å². The van der Waals surface area contributed by atoms with Gasteiger partial charge in [-0.1, -0.05) is 111 Å². The van der Waals surface area contributed by atoms with E-state index in [-0.39, 0.29) is 56.9 Å². The Morgan fingerprint density at radius 1 is 0.624 bits per heavy atom. The van der Waals surface area contributed by atoms with Crippen LogP contribution in [0.5, 0.6) is 0 Å². The van der Waals surface area contributed by atoms with Crippen LogP contribution >= 0.6 is 0 Å². The molecule has 109 heavy (non-hydrogen) atoms. The summed E-state index contributed by atoms with van der Waals surface area (Å²) in [7, 11) is 7.04. The quantitative estimate of drug-likeness (QED) is 0.0396. The number of ketones is 4. The molecule has 2 saturated heterocycles. The normalized spacial score (nSPS) is 25.8. The summed E-state index contributed by atoms with van der Waals surface area (Å²) in [6.45, 7) is 22.0. The summed E-state index contributed by atoms with van der Waals surface area (Å²) in [4.78, 5) is 221. The van der Waals surface area contributed by atoms with E-state index in [0.717, 1.165) is 15.4 Å². The summed E-state index contributed by atoms with van der Waals surface area (Å²) in [6, 6.07) is 3.76. The van der Waals surface area contributed by atoms with Crippen LogP contribution in [-0.4, -0.2) is 204 Å². The largest absolute Gasteiger partial charge is 0.493 e. The molecule has 8 amide bonds. The number of amides is 8. The van der Waals surface area contributed by atoms with Gasteiger partial charge in [0.25, 0.3) is 11.8 Å². The molecule has 4 aliphatic carbocycles. The number of Topliss-reactive ketones (excluding diaryl/α,β-unsaturated/α-hetero) is 2. The van der Waals surface area contributed by atoms with E-state index in [1.807, 2.05) is 30.3 Å². The first-order valence-corrected chi connectivity index (χ1v) is 36.9. The average Bonchev–Trinajstić information content (AvgIpc) is 1.29. The number of likely N-dealkylation sites (N-methyl/N-ethyl adjacent to an activating group) is 4. The van der Waals surface area contributed by atoms with Gasteiger partial charge in [0.05, 0.1) is 49.1 Å². The Hall–Kier alpha value is -10.7. The molecular formula is C80H102N10O19. The van der Waals surface area contributed by atoms with Gasteiger partial charge in [-0.3, -0.25) is 62.3 Å². The Kier molecular flexibility index (Phi) is 27.0. The van der Waals surface area contributed by atoms with E-state index in [0.29, 0.717) is 49.7 Å². The molecule has 2 saturated carbocycles. The zero-order valence-corrected chi connectivity index (χ0v) is 65.0. The Morgan fingerprint density at radius 2 is 1.08 bits per heavy atom. The molecule has 7 aliphatic rings. The third-order valence-corrected chi connectivity index (χ3v) is 21.4. The third kappa shape index (κ3) is 17.9. The van der Waals surface area contributed by atoms with Crippen molar-refractivity contribution in [2.24, 2.45) is 47.3 Å². The highest BCUT2D eigenvalue weighted by molar-refractivity contribution is 6.20. The number of nitrogens with two attached hydrogens (primary N) is 1. The maximum Gasteiger partial charge on any atom is 0.329 e. The van der Waals surface area contributed by atoms with E-state index < -0.39 is 196 Å². The first-order chi connectivity index (χ1) is 51.3. The molecule has 6 N–H and O–H groups in total. The highest BCUT2D eigenvalue weighted by Gasteiger charge is 2.48. The highest BCUT2D eigenvalue weighted by atomic mass is 16.6. The molecule has 0 spiro atoms. The van der Waals surface area contributed by atoms with Crippen molar-refractivity contribution >= 4 is 99.1 Å². The van der Waals surface area contributed by atoms with Crippen molar-refractivity contribution in [2.45, 2.75) is 176 Å².